The highest BCUT2D eigenvalue weighted by Gasteiger charge is 2.36. The molecule has 10 aromatic carbocycles. The summed E-state index contributed by atoms with van der Waals surface area (Å²) in [7, 11) is 0. The number of hydrogen-bond acceptors (Lipinski definition) is 2. The van der Waals surface area contributed by atoms with Crippen molar-refractivity contribution < 1.29 is 0 Å². The molecule has 65 heavy (non-hydrogen) atoms. The molecule has 11 aromatic rings. The van der Waals surface area contributed by atoms with Crippen LogP contribution in [-0.4, -0.2) is 4.57 Å². The molecule has 3 heteroatoms. The summed E-state index contributed by atoms with van der Waals surface area (Å²) in [4.78, 5) is 4.83. The van der Waals surface area contributed by atoms with E-state index in [2.05, 4.69) is 266 Å². The Kier molecular flexibility index (Phi) is 9.06. The van der Waals surface area contributed by atoms with Crippen LogP contribution in [0.25, 0.3) is 60.5 Å². The van der Waals surface area contributed by atoms with Crippen LogP contribution in [0.4, 0.5) is 34.1 Å². The molecule has 12 rings (SSSR count). The second kappa shape index (κ2) is 15.3. The van der Waals surface area contributed by atoms with E-state index in [1.54, 1.807) is 0 Å². The number of fused-ring (bicyclic) bond motifs is 7. The van der Waals surface area contributed by atoms with Crippen molar-refractivity contribution in [3.63, 3.8) is 0 Å². The van der Waals surface area contributed by atoms with E-state index in [4.69, 9.17) is 0 Å². The van der Waals surface area contributed by atoms with E-state index in [0.29, 0.717) is 0 Å². The molecule has 1 aliphatic rings. The average molecular weight is 834 g/mol. The maximum Gasteiger partial charge on any atom is 0.0541 e. The molecule has 0 unspecified atom stereocenters. The van der Waals surface area contributed by atoms with Gasteiger partial charge in [0.25, 0.3) is 0 Å². The zero-order valence-corrected chi connectivity index (χ0v) is 36.8. The van der Waals surface area contributed by atoms with Crippen LogP contribution < -0.4 is 9.80 Å². The summed E-state index contributed by atoms with van der Waals surface area (Å²) in [5, 5.41) is 4.91. The molecule has 0 aliphatic heterocycles. The van der Waals surface area contributed by atoms with Gasteiger partial charge in [-0.3, -0.25) is 0 Å². The van der Waals surface area contributed by atoms with Crippen molar-refractivity contribution in [3.8, 4) is 27.9 Å². The first-order valence-electron chi connectivity index (χ1n) is 22.6. The number of rotatable bonds is 8. The molecule has 3 nitrogen and oxygen atoms in total. The van der Waals surface area contributed by atoms with Crippen molar-refractivity contribution in [1.82, 2.24) is 4.57 Å². The van der Waals surface area contributed by atoms with E-state index < -0.39 is 0 Å². The van der Waals surface area contributed by atoms with Gasteiger partial charge in [0, 0.05) is 55.7 Å². The van der Waals surface area contributed by atoms with Crippen LogP contribution in [0.15, 0.2) is 231 Å². The van der Waals surface area contributed by atoms with Gasteiger partial charge in [0.1, 0.15) is 0 Å². The maximum absolute atomic E-state index is 2.44. The van der Waals surface area contributed by atoms with Crippen LogP contribution in [0.2, 0.25) is 0 Å². The number of hydrogen-bond donors (Lipinski definition) is 0. The fraction of sp³-hybridized carbons (Fsp3) is 0.0645. The summed E-state index contributed by atoms with van der Waals surface area (Å²) in [5.74, 6) is 0. The molecule has 310 valence electrons. The van der Waals surface area contributed by atoms with Crippen LogP contribution in [0.3, 0.4) is 0 Å². The van der Waals surface area contributed by atoms with Crippen molar-refractivity contribution in [2.45, 2.75) is 26.2 Å². The lowest BCUT2D eigenvalue weighted by Crippen LogP contribution is -2.17. The molecule has 0 radical (unpaired) electrons. The van der Waals surface area contributed by atoms with E-state index >= 15 is 0 Å². The lowest BCUT2D eigenvalue weighted by Gasteiger charge is -2.31. The standard InChI is InChI=1S/C62H47N3/c1-42-29-32-48(33-30-42)63(46-19-6-4-7-20-46)50-37-45(44-31-36-61-56(39-44)55-25-13-15-27-60(55)65(61)59-28-16-18-43-17-10-11-23-52(43)59)38-51(40-50)64(47-21-8-5-9-22-47)49-34-35-54-53-24-12-14-26-57(53)62(2,3)58(54)41-49/h4-41H,1-3H3. The second-order valence-corrected chi connectivity index (χ2v) is 17.9. The van der Waals surface area contributed by atoms with Gasteiger partial charge < -0.3 is 14.4 Å². The summed E-state index contributed by atoms with van der Waals surface area (Å²) in [5.41, 5.74) is 18.8. The molecule has 0 N–H and O–H groups in total. The number of anilines is 6. The van der Waals surface area contributed by atoms with Crippen LogP contribution in [0, 0.1) is 6.92 Å². The lowest BCUT2D eigenvalue weighted by molar-refractivity contribution is 0.660. The van der Waals surface area contributed by atoms with E-state index in [1.807, 2.05) is 0 Å². The highest BCUT2D eigenvalue weighted by atomic mass is 15.2. The summed E-state index contributed by atoms with van der Waals surface area (Å²) in [6.07, 6.45) is 0. The summed E-state index contributed by atoms with van der Waals surface area (Å²) < 4.78 is 2.44. The van der Waals surface area contributed by atoms with Crippen LogP contribution in [-0.2, 0) is 5.41 Å². The predicted octanol–water partition coefficient (Wildman–Crippen LogP) is 17.2. The number of benzene rings is 10. The molecule has 0 bridgehead atoms. The molecular formula is C62H47N3. The molecule has 0 saturated heterocycles. The van der Waals surface area contributed by atoms with Gasteiger partial charge in [-0.15, -0.1) is 0 Å². The van der Waals surface area contributed by atoms with Gasteiger partial charge in [0.15, 0.2) is 0 Å². The first kappa shape index (κ1) is 38.5. The average Bonchev–Trinajstić information content (AvgIpc) is 3.80. The zero-order chi connectivity index (χ0) is 43.6. The van der Waals surface area contributed by atoms with Crippen molar-refractivity contribution in [1.29, 1.82) is 0 Å². The Hall–Kier alpha value is -8.14. The largest absolute Gasteiger partial charge is 0.310 e. The van der Waals surface area contributed by atoms with E-state index in [9.17, 15) is 0 Å². The van der Waals surface area contributed by atoms with Crippen LogP contribution in [0.1, 0.15) is 30.5 Å². The molecule has 0 amide bonds. The SMILES string of the molecule is Cc1ccc(N(c2ccccc2)c2cc(-c3ccc4c(c3)c3ccccc3n4-c3cccc4ccccc34)cc(N(c3ccccc3)c3ccc4c(c3)C(C)(C)c3ccccc3-4)c2)cc1. The maximum atomic E-state index is 2.44. The van der Waals surface area contributed by atoms with Gasteiger partial charge in [-0.2, -0.15) is 0 Å². The smallest absolute Gasteiger partial charge is 0.0541 e. The van der Waals surface area contributed by atoms with Gasteiger partial charge in [-0.05, 0) is 137 Å². The minimum Gasteiger partial charge on any atom is -0.310 e. The van der Waals surface area contributed by atoms with Gasteiger partial charge in [0.05, 0.1) is 16.7 Å². The molecule has 1 heterocycles. The highest BCUT2D eigenvalue weighted by molar-refractivity contribution is 6.12. The Morgan fingerprint density at radius 3 is 1.68 bits per heavy atom. The Morgan fingerprint density at radius 2 is 0.923 bits per heavy atom. The third-order valence-electron chi connectivity index (χ3n) is 13.6. The highest BCUT2D eigenvalue weighted by Crippen LogP contribution is 2.51. The second-order valence-electron chi connectivity index (χ2n) is 17.9. The van der Waals surface area contributed by atoms with Crippen molar-refractivity contribution >= 4 is 66.7 Å². The molecule has 0 spiro atoms. The minimum absolute atomic E-state index is 0.145. The summed E-state index contributed by atoms with van der Waals surface area (Å²) in [6.45, 7) is 6.87. The summed E-state index contributed by atoms with van der Waals surface area (Å²) in [6, 6.07) is 84.7. The van der Waals surface area contributed by atoms with E-state index in [0.717, 1.165) is 45.3 Å². The first-order valence-corrected chi connectivity index (χ1v) is 22.6. The molecule has 0 atom stereocenters. The van der Waals surface area contributed by atoms with Crippen LogP contribution >= 0.6 is 0 Å². The Bertz CT molecular complexity index is 3580. The van der Waals surface area contributed by atoms with Crippen molar-refractivity contribution in [2.75, 3.05) is 9.80 Å². The van der Waals surface area contributed by atoms with Gasteiger partial charge in [-0.1, -0.05) is 159 Å². The predicted molar refractivity (Wildman–Crippen MR) is 275 cm³/mol. The van der Waals surface area contributed by atoms with Gasteiger partial charge >= 0.3 is 0 Å². The molecule has 1 aromatic heterocycles. The lowest BCUT2D eigenvalue weighted by atomic mass is 9.82. The third-order valence-corrected chi connectivity index (χ3v) is 13.6. The molecular weight excluding hydrogens is 787 g/mol. The van der Waals surface area contributed by atoms with Gasteiger partial charge in [-0.25, -0.2) is 0 Å². The normalized spacial score (nSPS) is 12.7. The monoisotopic (exact) mass is 833 g/mol. The van der Waals surface area contributed by atoms with E-state index in [-0.39, 0.29) is 5.41 Å². The number of para-hydroxylation sites is 3. The number of nitrogens with zero attached hydrogens (tertiary/aromatic N) is 3. The molecule has 0 saturated carbocycles. The Morgan fingerprint density at radius 1 is 0.354 bits per heavy atom. The third kappa shape index (κ3) is 6.42. The fourth-order valence-electron chi connectivity index (χ4n) is 10.4. The molecule has 1 aliphatic carbocycles. The zero-order valence-electron chi connectivity index (χ0n) is 36.8. The van der Waals surface area contributed by atoms with Crippen molar-refractivity contribution in [2.24, 2.45) is 0 Å². The fourth-order valence-corrected chi connectivity index (χ4v) is 10.4. The summed E-state index contributed by atoms with van der Waals surface area (Å²) >= 11 is 0. The first-order chi connectivity index (χ1) is 31.9. The van der Waals surface area contributed by atoms with Crippen LogP contribution in [0.5, 0.6) is 0 Å². The molecule has 0 fully saturated rings. The quantitative estimate of drug-likeness (QED) is 0.151. The van der Waals surface area contributed by atoms with Gasteiger partial charge in [0.2, 0.25) is 0 Å². The number of aryl methyl sites for hydroxylation is 1. The van der Waals surface area contributed by atoms with E-state index in [1.165, 1.54) is 66.1 Å². The number of aromatic nitrogens is 1. The minimum atomic E-state index is -0.145. The Balaban J connectivity index is 1.11. The van der Waals surface area contributed by atoms with Crippen molar-refractivity contribution in [3.05, 3.63) is 247 Å². The Labute approximate surface area is 380 Å². The topological polar surface area (TPSA) is 11.4 Å².